The zero-order valence-corrected chi connectivity index (χ0v) is 13.4. The highest BCUT2D eigenvalue weighted by Crippen LogP contribution is 2.37. The lowest BCUT2D eigenvalue weighted by Gasteiger charge is -2.34. The molecule has 3 rings (SSSR count). The molecule has 4 heteroatoms. The van der Waals surface area contributed by atoms with Crippen LogP contribution in [0.2, 0.25) is 0 Å². The Hall–Kier alpha value is -1.91. The van der Waals surface area contributed by atoms with Gasteiger partial charge in [0.2, 0.25) is 0 Å². The minimum absolute atomic E-state index is 0.304. The first kappa shape index (κ1) is 15.0. The van der Waals surface area contributed by atoms with Crippen molar-refractivity contribution in [2.24, 2.45) is 0 Å². The van der Waals surface area contributed by atoms with E-state index in [2.05, 4.69) is 5.32 Å². The van der Waals surface area contributed by atoms with E-state index in [0.29, 0.717) is 12.2 Å². The Labute approximate surface area is 133 Å². The second-order valence-electron chi connectivity index (χ2n) is 5.11. The van der Waals surface area contributed by atoms with Crippen molar-refractivity contribution in [1.29, 1.82) is 0 Å². The first-order valence-corrected chi connectivity index (χ1v) is 8.17. The van der Waals surface area contributed by atoms with E-state index in [-0.39, 0.29) is 5.82 Å². The van der Waals surface area contributed by atoms with E-state index in [4.69, 9.17) is 4.74 Å². The molecule has 1 N–H and O–H groups in total. The number of hydrogen-bond acceptors (Lipinski definition) is 3. The Balaban J connectivity index is 2.11. The molecular formula is C18H18FNOS. The predicted molar refractivity (Wildman–Crippen MR) is 89.9 cm³/mol. The molecule has 2 aromatic carbocycles. The standard InChI is InChI=1S/C18H18FNOS/c1-3-18(20-2,13-7-5-4-6-8-13)21-17-14-11-12-22-16(14)10-9-15(17)19/h4-12,20H,3H2,1-2H3/t18-/m0/s1. The molecule has 114 valence electrons. The molecule has 0 aliphatic rings. The second-order valence-corrected chi connectivity index (χ2v) is 6.06. The van der Waals surface area contributed by atoms with Crippen LogP contribution in [-0.2, 0) is 5.72 Å². The van der Waals surface area contributed by atoms with Crippen LogP contribution in [0, 0.1) is 5.82 Å². The Bertz CT molecular complexity index is 765. The van der Waals surface area contributed by atoms with Gasteiger partial charge in [-0.2, -0.15) is 0 Å². The van der Waals surface area contributed by atoms with Crippen LogP contribution in [0.15, 0.2) is 53.9 Å². The quantitative estimate of drug-likeness (QED) is 0.676. The lowest BCUT2D eigenvalue weighted by Crippen LogP contribution is -2.45. The number of benzene rings is 2. The van der Waals surface area contributed by atoms with Gasteiger partial charge < -0.3 is 4.74 Å². The van der Waals surface area contributed by atoms with E-state index >= 15 is 0 Å². The second kappa shape index (κ2) is 6.07. The Morgan fingerprint density at radius 2 is 1.91 bits per heavy atom. The Kier molecular flexibility index (Phi) is 4.14. The third kappa shape index (κ3) is 2.49. The molecular weight excluding hydrogens is 297 g/mol. The number of rotatable bonds is 5. The number of nitrogens with one attached hydrogen (secondary N) is 1. The number of ether oxygens (including phenoxy) is 1. The fraction of sp³-hybridized carbons (Fsp3) is 0.222. The summed E-state index contributed by atoms with van der Waals surface area (Å²) in [5.74, 6) is -0.0336. The summed E-state index contributed by atoms with van der Waals surface area (Å²) in [5, 5.41) is 5.99. The van der Waals surface area contributed by atoms with Crippen LogP contribution in [0.5, 0.6) is 5.75 Å². The molecule has 1 aromatic heterocycles. The average molecular weight is 315 g/mol. The maximum atomic E-state index is 14.4. The maximum absolute atomic E-state index is 14.4. The van der Waals surface area contributed by atoms with Crippen molar-refractivity contribution in [2.45, 2.75) is 19.1 Å². The predicted octanol–water partition coefficient (Wildman–Crippen LogP) is 4.90. The van der Waals surface area contributed by atoms with Crippen molar-refractivity contribution in [2.75, 3.05) is 7.05 Å². The molecule has 0 fully saturated rings. The normalized spacial score (nSPS) is 14.0. The van der Waals surface area contributed by atoms with Crippen molar-refractivity contribution in [3.8, 4) is 5.75 Å². The topological polar surface area (TPSA) is 21.3 Å². The van der Waals surface area contributed by atoms with Crippen molar-refractivity contribution < 1.29 is 9.13 Å². The molecule has 2 nitrogen and oxygen atoms in total. The highest BCUT2D eigenvalue weighted by molar-refractivity contribution is 7.17. The summed E-state index contributed by atoms with van der Waals surface area (Å²) in [6, 6.07) is 15.0. The van der Waals surface area contributed by atoms with Crippen LogP contribution in [0.4, 0.5) is 4.39 Å². The fourth-order valence-corrected chi connectivity index (χ4v) is 3.47. The van der Waals surface area contributed by atoms with E-state index < -0.39 is 5.72 Å². The van der Waals surface area contributed by atoms with E-state index in [1.165, 1.54) is 6.07 Å². The van der Waals surface area contributed by atoms with Gasteiger partial charge in [0, 0.05) is 22.1 Å². The van der Waals surface area contributed by atoms with E-state index in [1.54, 1.807) is 17.4 Å². The van der Waals surface area contributed by atoms with Gasteiger partial charge in [0.1, 0.15) is 0 Å². The molecule has 0 radical (unpaired) electrons. The number of fused-ring (bicyclic) bond motifs is 1. The van der Waals surface area contributed by atoms with Gasteiger partial charge >= 0.3 is 0 Å². The minimum Gasteiger partial charge on any atom is -0.465 e. The van der Waals surface area contributed by atoms with Crippen LogP contribution in [-0.4, -0.2) is 7.05 Å². The highest BCUT2D eigenvalue weighted by atomic mass is 32.1. The molecule has 0 spiro atoms. The molecule has 0 amide bonds. The molecule has 0 saturated carbocycles. The Morgan fingerprint density at radius 1 is 1.14 bits per heavy atom. The smallest absolute Gasteiger partial charge is 0.186 e. The van der Waals surface area contributed by atoms with Gasteiger partial charge in [-0.3, -0.25) is 5.32 Å². The summed E-state index contributed by atoms with van der Waals surface area (Å²) in [6.45, 7) is 2.02. The SMILES string of the molecule is CC[C@](NC)(Oc1c(F)ccc2sccc12)c1ccccc1. The van der Waals surface area contributed by atoms with Crippen LogP contribution >= 0.6 is 11.3 Å². The lowest BCUT2D eigenvalue weighted by atomic mass is 9.99. The van der Waals surface area contributed by atoms with Gasteiger partial charge in [-0.15, -0.1) is 11.3 Å². The zero-order valence-electron chi connectivity index (χ0n) is 12.6. The lowest BCUT2D eigenvalue weighted by molar-refractivity contribution is 0.0304. The molecule has 0 aliphatic heterocycles. The molecule has 0 unspecified atom stereocenters. The maximum Gasteiger partial charge on any atom is 0.186 e. The Morgan fingerprint density at radius 3 is 2.59 bits per heavy atom. The van der Waals surface area contributed by atoms with E-state index in [1.807, 2.05) is 55.7 Å². The van der Waals surface area contributed by atoms with Crippen molar-refractivity contribution in [3.05, 3.63) is 65.3 Å². The van der Waals surface area contributed by atoms with Gasteiger partial charge in [-0.05, 0) is 30.6 Å². The number of thiophene rings is 1. The van der Waals surface area contributed by atoms with Gasteiger partial charge in [0.05, 0.1) is 0 Å². The number of halogens is 1. The summed E-state index contributed by atoms with van der Waals surface area (Å²) in [6.07, 6.45) is 0.674. The van der Waals surface area contributed by atoms with Crippen LogP contribution < -0.4 is 10.1 Å². The molecule has 0 saturated heterocycles. The van der Waals surface area contributed by atoms with Gasteiger partial charge in [-0.25, -0.2) is 4.39 Å². The van der Waals surface area contributed by atoms with Crippen LogP contribution in [0.3, 0.4) is 0 Å². The number of hydrogen-bond donors (Lipinski definition) is 1. The summed E-state index contributed by atoms with van der Waals surface area (Å²) in [5.41, 5.74) is 0.227. The molecule has 22 heavy (non-hydrogen) atoms. The largest absolute Gasteiger partial charge is 0.465 e. The van der Waals surface area contributed by atoms with Crippen LogP contribution in [0.25, 0.3) is 10.1 Å². The molecule has 1 atom stereocenters. The molecule has 3 aromatic rings. The van der Waals surface area contributed by atoms with Crippen molar-refractivity contribution in [1.82, 2.24) is 5.32 Å². The molecule has 0 aliphatic carbocycles. The average Bonchev–Trinajstić information content (AvgIpc) is 3.04. The van der Waals surface area contributed by atoms with Crippen molar-refractivity contribution in [3.63, 3.8) is 0 Å². The molecule has 0 bridgehead atoms. The monoisotopic (exact) mass is 315 g/mol. The third-order valence-corrected chi connectivity index (χ3v) is 4.84. The zero-order chi connectivity index (χ0) is 15.6. The van der Waals surface area contributed by atoms with Crippen molar-refractivity contribution >= 4 is 21.4 Å². The highest BCUT2D eigenvalue weighted by Gasteiger charge is 2.32. The van der Waals surface area contributed by atoms with Gasteiger partial charge in [0.25, 0.3) is 0 Å². The first-order chi connectivity index (χ1) is 10.7. The van der Waals surface area contributed by atoms with E-state index in [9.17, 15) is 4.39 Å². The third-order valence-electron chi connectivity index (χ3n) is 3.96. The minimum atomic E-state index is -0.752. The summed E-state index contributed by atoms with van der Waals surface area (Å²) >= 11 is 1.58. The van der Waals surface area contributed by atoms with Crippen LogP contribution in [0.1, 0.15) is 18.9 Å². The summed E-state index contributed by atoms with van der Waals surface area (Å²) in [4.78, 5) is 0. The van der Waals surface area contributed by atoms with Gasteiger partial charge in [-0.1, -0.05) is 37.3 Å². The van der Waals surface area contributed by atoms with Gasteiger partial charge in [0.15, 0.2) is 17.3 Å². The summed E-state index contributed by atoms with van der Waals surface area (Å²) < 4.78 is 21.6. The molecule has 1 heterocycles. The summed E-state index contributed by atoms with van der Waals surface area (Å²) in [7, 11) is 1.84. The fourth-order valence-electron chi connectivity index (χ4n) is 2.68. The van der Waals surface area contributed by atoms with E-state index in [0.717, 1.165) is 15.6 Å². The first-order valence-electron chi connectivity index (χ1n) is 7.29.